The van der Waals surface area contributed by atoms with Crippen LogP contribution >= 0.6 is 35.6 Å². The number of thioether (sulfide) groups is 1. The van der Waals surface area contributed by atoms with Gasteiger partial charge < -0.3 is 0 Å². The molecule has 1 amide bonds. The van der Waals surface area contributed by atoms with E-state index in [1.165, 1.54) is 11.8 Å². The molecule has 116 valence electrons. The third kappa shape index (κ3) is 3.34. The number of amides is 1. The summed E-state index contributed by atoms with van der Waals surface area (Å²) in [6.07, 6.45) is 1.83. The van der Waals surface area contributed by atoms with Crippen molar-refractivity contribution in [2.75, 3.05) is 4.90 Å². The first-order valence-electron chi connectivity index (χ1n) is 7.06. The van der Waals surface area contributed by atoms with Gasteiger partial charge in [0.05, 0.1) is 10.6 Å². The second-order valence-corrected chi connectivity index (χ2v) is 7.47. The molecule has 0 aromatic heterocycles. The molecule has 1 fully saturated rings. The topological polar surface area (TPSA) is 20.3 Å². The molecule has 5 heteroatoms. The normalized spacial score (nSPS) is 16.5. The number of halogens is 1. The molecule has 2 aromatic rings. The number of aryl methyl sites for hydroxylation is 2. The van der Waals surface area contributed by atoms with Crippen molar-refractivity contribution in [1.82, 2.24) is 0 Å². The maximum absolute atomic E-state index is 12.8. The van der Waals surface area contributed by atoms with Gasteiger partial charge in [-0.25, -0.2) is 0 Å². The highest BCUT2D eigenvalue weighted by molar-refractivity contribution is 8.27. The molecule has 2 aromatic carbocycles. The third-order valence-corrected chi connectivity index (χ3v) is 5.08. The fraction of sp³-hybridized carbons (Fsp3) is 0.111. The van der Waals surface area contributed by atoms with Gasteiger partial charge in [0.25, 0.3) is 5.91 Å². The van der Waals surface area contributed by atoms with Gasteiger partial charge >= 0.3 is 0 Å². The van der Waals surface area contributed by atoms with Crippen molar-refractivity contribution >= 4 is 57.6 Å². The van der Waals surface area contributed by atoms with E-state index < -0.39 is 0 Å². The number of benzene rings is 2. The predicted molar refractivity (Wildman–Crippen MR) is 103 cm³/mol. The Morgan fingerprint density at radius 3 is 2.70 bits per heavy atom. The summed E-state index contributed by atoms with van der Waals surface area (Å²) in [7, 11) is 0. The zero-order chi connectivity index (χ0) is 16.6. The van der Waals surface area contributed by atoms with Crippen LogP contribution in [-0.2, 0) is 4.79 Å². The number of nitrogens with zero attached hydrogens (tertiary/aromatic N) is 1. The second-order valence-electron chi connectivity index (χ2n) is 5.36. The minimum Gasteiger partial charge on any atom is -0.268 e. The summed E-state index contributed by atoms with van der Waals surface area (Å²) in [4.78, 5) is 15.0. The Kier molecular flexibility index (Phi) is 4.57. The van der Waals surface area contributed by atoms with E-state index in [1.807, 2.05) is 56.3 Å². The van der Waals surface area contributed by atoms with E-state index in [-0.39, 0.29) is 5.91 Å². The standard InChI is InChI=1S/C18H14ClNOS2/c1-11-6-7-12(2)15(8-11)20-17(21)16(23-18(20)22)10-13-4-3-5-14(19)9-13/h3-10H,1-2H3. The maximum atomic E-state index is 12.8. The molecule has 2 nitrogen and oxygen atoms in total. The van der Waals surface area contributed by atoms with Crippen molar-refractivity contribution in [3.63, 3.8) is 0 Å². The molecule has 0 spiro atoms. The van der Waals surface area contributed by atoms with Crippen LogP contribution in [0.15, 0.2) is 47.4 Å². The first-order chi connectivity index (χ1) is 11.0. The summed E-state index contributed by atoms with van der Waals surface area (Å²) in [5.74, 6) is -0.0892. The number of anilines is 1. The van der Waals surface area contributed by atoms with Gasteiger partial charge in [-0.05, 0) is 54.8 Å². The fourth-order valence-corrected chi connectivity index (χ4v) is 3.87. The van der Waals surface area contributed by atoms with Crippen LogP contribution in [0.3, 0.4) is 0 Å². The largest absolute Gasteiger partial charge is 0.270 e. The Balaban J connectivity index is 1.99. The highest BCUT2D eigenvalue weighted by Gasteiger charge is 2.34. The zero-order valence-corrected chi connectivity index (χ0v) is 15.1. The van der Waals surface area contributed by atoms with Crippen LogP contribution in [0.25, 0.3) is 6.08 Å². The van der Waals surface area contributed by atoms with Gasteiger partial charge in [0.1, 0.15) is 0 Å². The van der Waals surface area contributed by atoms with Crippen LogP contribution in [0.5, 0.6) is 0 Å². The highest BCUT2D eigenvalue weighted by Crippen LogP contribution is 2.37. The molecule has 3 rings (SSSR count). The Morgan fingerprint density at radius 2 is 1.96 bits per heavy atom. The first kappa shape index (κ1) is 16.2. The number of carbonyl (C=O) groups is 1. The van der Waals surface area contributed by atoms with E-state index >= 15 is 0 Å². The predicted octanol–water partition coefficient (Wildman–Crippen LogP) is 5.36. The molecule has 1 saturated heterocycles. The van der Waals surface area contributed by atoms with Crippen molar-refractivity contribution in [1.29, 1.82) is 0 Å². The molecule has 0 radical (unpaired) electrons. The molecule has 0 atom stereocenters. The molecule has 0 aliphatic carbocycles. The lowest BCUT2D eigenvalue weighted by molar-refractivity contribution is -0.113. The summed E-state index contributed by atoms with van der Waals surface area (Å²) in [6, 6.07) is 13.4. The van der Waals surface area contributed by atoms with Crippen LogP contribution < -0.4 is 4.90 Å². The quantitative estimate of drug-likeness (QED) is 0.531. The fourth-order valence-electron chi connectivity index (χ4n) is 2.38. The molecular formula is C18H14ClNOS2. The Labute approximate surface area is 150 Å². The summed E-state index contributed by atoms with van der Waals surface area (Å²) in [5.41, 5.74) is 3.86. The molecule has 1 heterocycles. The number of rotatable bonds is 2. The Morgan fingerprint density at radius 1 is 1.17 bits per heavy atom. The Bertz CT molecular complexity index is 845. The van der Waals surface area contributed by atoms with Crippen LogP contribution in [0.2, 0.25) is 5.02 Å². The van der Waals surface area contributed by atoms with Gasteiger partial charge in [0.2, 0.25) is 0 Å². The van der Waals surface area contributed by atoms with Crippen LogP contribution in [0, 0.1) is 13.8 Å². The van der Waals surface area contributed by atoms with E-state index in [9.17, 15) is 4.79 Å². The van der Waals surface area contributed by atoms with E-state index in [4.69, 9.17) is 23.8 Å². The number of hydrogen-bond acceptors (Lipinski definition) is 3. The lowest BCUT2D eigenvalue weighted by Gasteiger charge is -2.17. The summed E-state index contributed by atoms with van der Waals surface area (Å²) >= 11 is 12.7. The molecule has 1 aliphatic heterocycles. The average molecular weight is 360 g/mol. The van der Waals surface area contributed by atoms with Crippen molar-refractivity contribution in [3.8, 4) is 0 Å². The minimum atomic E-state index is -0.0892. The average Bonchev–Trinajstić information content (AvgIpc) is 2.76. The van der Waals surface area contributed by atoms with E-state index in [2.05, 4.69) is 0 Å². The van der Waals surface area contributed by atoms with Crippen molar-refractivity contribution in [2.45, 2.75) is 13.8 Å². The van der Waals surface area contributed by atoms with Gasteiger partial charge in [-0.3, -0.25) is 9.69 Å². The second kappa shape index (κ2) is 6.48. The molecule has 0 unspecified atom stereocenters. The van der Waals surface area contributed by atoms with Crippen LogP contribution in [0.4, 0.5) is 5.69 Å². The van der Waals surface area contributed by atoms with Gasteiger partial charge in [0, 0.05) is 5.02 Å². The number of hydrogen-bond donors (Lipinski definition) is 0. The van der Waals surface area contributed by atoms with E-state index in [1.54, 1.807) is 11.0 Å². The van der Waals surface area contributed by atoms with Crippen LogP contribution in [-0.4, -0.2) is 10.2 Å². The maximum Gasteiger partial charge on any atom is 0.270 e. The van der Waals surface area contributed by atoms with Crippen LogP contribution in [0.1, 0.15) is 16.7 Å². The SMILES string of the molecule is Cc1ccc(C)c(N2C(=O)C(=Cc3cccc(Cl)c3)SC2=S)c1. The lowest BCUT2D eigenvalue weighted by atomic mass is 10.1. The molecule has 23 heavy (non-hydrogen) atoms. The summed E-state index contributed by atoms with van der Waals surface area (Å²) in [5, 5.41) is 0.642. The summed E-state index contributed by atoms with van der Waals surface area (Å²) in [6.45, 7) is 3.98. The van der Waals surface area contributed by atoms with Crippen molar-refractivity contribution in [2.24, 2.45) is 0 Å². The van der Waals surface area contributed by atoms with Gasteiger partial charge in [-0.1, -0.05) is 59.8 Å². The number of carbonyl (C=O) groups excluding carboxylic acids is 1. The van der Waals surface area contributed by atoms with Gasteiger partial charge in [-0.15, -0.1) is 0 Å². The number of thiocarbonyl (C=S) groups is 1. The summed E-state index contributed by atoms with van der Waals surface area (Å²) < 4.78 is 0.553. The molecule has 0 saturated carbocycles. The first-order valence-corrected chi connectivity index (χ1v) is 8.67. The van der Waals surface area contributed by atoms with Crippen molar-refractivity contribution < 1.29 is 4.79 Å². The smallest absolute Gasteiger partial charge is 0.268 e. The van der Waals surface area contributed by atoms with Gasteiger partial charge in [-0.2, -0.15) is 0 Å². The Hall–Kier alpha value is -1.62. The van der Waals surface area contributed by atoms with E-state index in [0.29, 0.717) is 14.2 Å². The lowest BCUT2D eigenvalue weighted by Crippen LogP contribution is -2.28. The molecule has 0 N–H and O–H groups in total. The van der Waals surface area contributed by atoms with Crippen molar-refractivity contribution in [3.05, 3.63) is 69.1 Å². The monoisotopic (exact) mass is 359 g/mol. The minimum absolute atomic E-state index is 0.0892. The molecule has 1 aliphatic rings. The highest BCUT2D eigenvalue weighted by atomic mass is 35.5. The molecule has 0 bridgehead atoms. The van der Waals surface area contributed by atoms with E-state index in [0.717, 1.165) is 22.4 Å². The van der Waals surface area contributed by atoms with Gasteiger partial charge in [0.15, 0.2) is 4.32 Å². The zero-order valence-electron chi connectivity index (χ0n) is 12.7. The molecular weight excluding hydrogens is 346 g/mol. The third-order valence-electron chi connectivity index (χ3n) is 3.55.